The Morgan fingerprint density at radius 3 is 2.44 bits per heavy atom. The molecule has 0 atom stereocenters. The number of nitrogens with zero attached hydrogens (tertiary/aromatic N) is 3. The molecule has 146 valence electrons. The molecule has 2 aromatic heterocycles. The smallest absolute Gasteiger partial charge is 0.434 e. The van der Waals surface area contributed by atoms with Gasteiger partial charge >= 0.3 is 18.2 Å². The van der Waals surface area contributed by atoms with Gasteiger partial charge in [0.25, 0.3) is 0 Å². The van der Waals surface area contributed by atoms with Crippen LogP contribution in [0.2, 0.25) is 5.02 Å². The summed E-state index contributed by atoms with van der Waals surface area (Å²) >= 11 is 6.06. The number of aromatic nitrogens is 3. The lowest BCUT2D eigenvalue weighted by Gasteiger charge is -2.20. The summed E-state index contributed by atoms with van der Waals surface area (Å²) in [7, 11) is 0. The maximum absolute atomic E-state index is 13.3. The topological polar surface area (TPSA) is 106 Å². The number of alkyl halides is 3. The summed E-state index contributed by atoms with van der Waals surface area (Å²) in [6, 6.07) is 1.09. The van der Waals surface area contributed by atoms with Gasteiger partial charge in [0.2, 0.25) is 0 Å². The first kappa shape index (κ1) is 20.5. The van der Waals surface area contributed by atoms with Crippen molar-refractivity contribution in [2.75, 3.05) is 5.32 Å². The van der Waals surface area contributed by atoms with Crippen LogP contribution in [-0.4, -0.2) is 37.5 Å². The van der Waals surface area contributed by atoms with Crippen LogP contribution in [0.3, 0.4) is 0 Å². The number of amides is 1. The van der Waals surface area contributed by atoms with Crippen molar-refractivity contribution in [1.82, 2.24) is 14.8 Å². The molecular weight excluding hydrogens is 393 g/mol. The Balaban J connectivity index is 2.50. The average molecular weight is 407 g/mol. The highest BCUT2D eigenvalue weighted by Crippen LogP contribution is 2.36. The third-order valence-electron chi connectivity index (χ3n) is 2.98. The minimum atomic E-state index is -5.02. The van der Waals surface area contributed by atoms with Crippen molar-refractivity contribution in [2.45, 2.75) is 32.5 Å². The number of carboxylic acids is 1. The zero-order valence-electron chi connectivity index (χ0n) is 14.3. The van der Waals surface area contributed by atoms with E-state index in [0.717, 1.165) is 12.3 Å². The van der Waals surface area contributed by atoms with E-state index in [0.29, 0.717) is 10.9 Å². The molecule has 2 N–H and O–H groups in total. The van der Waals surface area contributed by atoms with Crippen LogP contribution in [0, 0.1) is 0 Å². The third kappa shape index (κ3) is 4.67. The maximum Gasteiger partial charge on any atom is 0.434 e. The Morgan fingerprint density at radius 2 is 1.93 bits per heavy atom. The quantitative estimate of drug-likeness (QED) is 0.798. The molecule has 0 aliphatic heterocycles. The zero-order valence-corrected chi connectivity index (χ0v) is 15.0. The number of halogens is 4. The van der Waals surface area contributed by atoms with E-state index >= 15 is 0 Å². The van der Waals surface area contributed by atoms with E-state index in [4.69, 9.17) is 21.4 Å². The minimum absolute atomic E-state index is 0.274. The summed E-state index contributed by atoms with van der Waals surface area (Å²) in [5.41, 5.74) is -3.71. The molecule has 2 heterocycles. The van der Waals surface area contributed by atoms with Gasteiger partial charge in [0, 0.05) is 6.20 Å². The molecule has 0 saturated carbocycles. The average Bonchev–Trinajstić information content (AvgIpc) is 2.92. The molecule has 0 bridgehead atoms. The molecule has 12 heteroatoms. The molecule has 2 aromatic rings. The first-order chi connectivity index (χ1) is 12.3. The standard InChI is InChI=1S/C15H14ClF3N4O4/c1-14(2,3)27-13(26)22-11-9(16)8(4-5-20-11)23-10(15(17,18)19)7(6-21-23)12(24)25/h4-6H,1-3H3,(H,24,25)(H,20,22,26). The third-order valence-corrected chi connectivity index (χ3v) is 3.36. The second-order valence-electron chi connectivity index (χ2n) is 6.24. The first-order valence-corrected chi connectivity index (χ1v) is 7.72. The Hall–Kier alpha value is -2.82. The summed E-state index contributed by atoms with van der Waals surface area (Å²) in [4.78, 5) is 26.7. The molecular formula is C15H14ClF3N4O4. The van der Waals surface area contributed by atoms with Crippen molar-refractivity contribution in [1.29, 1.82) is 0 Å². The van der Waals surface area contributed by atoms with Gasteiger partial charge in [-0.15, -0.1) is 0 Å². The summed E-state index contributed by atoms with van der Waals surface area (Å²) in [6.45, 7) is 4.85. The van der Waals surface area contributed by atoms with Crippen LogP contribution in [0.5, 0.6) is 0 Å². The van der Waals surface area contributed by atoms with Crippen LogP contribution in [0.25, 0.3) is 5.69 Å². The largest absolute Gasteiger partial charge is 0.478 e. The number of ether oxygens (including phenoxy) is 1. The van der Waals surface area contributed by atoms with Gasteiger partial charge < -0.3 is 9.84 Å². The molecule has 0 aliphatic rings. The van der Waals surface area contributed by atoms with E-state index in [1.807, 2.05) is 0 Å². The number of hydrogen-bond acceptors (Lipinski definition) is 5. The second-order valence-corrected chi connectivity index (χ2v) is 6.62. The normalized spacial score (nSPS) is 12.0. The monoisotopic (exact) mass is 406 g/mol. The number of pyridine rings is 1. The molecule has 0 saturated heterocycles. The van der Waals surface area contributed by atoms with Crippen LogP contribution in [0.4, 0.5) is 23.8 Å². The number of aromatic carboxylic acids is 1. The molecule has 0 unspecified atom stereocenters. The van der Waals surface area contributed by atoms with Gasteiger partial charge in [-0.3, -0.25) is 5.32 Å². The lowest BCUT2D eigenvalue weighted by Crippen LogP contribution is -2.27. The fourth-order valence-electron chi connectivity index (χ4n) is 2.04. The molecule has 2 rings (SSSR count). The van der Waals surface area contributed by atoms with Crippen LogP contribution >= 0.6 is 11.6 Å². The van der Waals surface area contributed by atoms with Gasteiger partial charge in [-0.2, -0.15) is 18.3 Å². The van der Waals surface area contributed by atoms with Gasteiger partial charge in [-0.25, -0.2) is 19.3 Å². The summed E-state index contributed by atoms with van der Waals surface area (Å²) in [6.07, 6.45) is -4.30. The van der Waals surface area contributed by atoms with Gasteiger partial charge in [0.1, 0.15) is 16.2 Å². The molecule has 8 nitrogen and oxygen atoms in total. The lowest BCUT2D eigenvalue weighted by atomic mass is 10.2. The van der Waals surface area contributed by atoms with Gasteiger partial charge in [-0.1, -0.05) is 11.6 Å². The van der Waals surface area contributed by atoms with E-state index in [1.165, 1.54) is 0 Å². The molecule has 0 radical (unpaired) electrons. The molecule has 0 aliphatic carbocycles. The molecule has 0 aromatic carbocycles. The number of carbonyl (C=O) groups is 2. The second kappa shape index (κ2) is 7.06. The van der Waals surface area contributed by atoms with Crippen molar-refractivity contribution in [2.24, 2.45) is 0 Å². The van der Waals surface area contributed by atoms with Crippen LogP contribution < -0.4 is 5.32 Å². The Morgan fingerprint density at radius 1 is 1.30 bits per heavy atom. The van der Waals surface area contributed by atoms with Gasteiger partial charge in [0.15, 0.2) is 11.5 Å². The Labute approximate surface area is 155 Å². The van der Waals surface area contributed by atoms with E-state index in [-0.39, 0.29) is 16.5 Å². The van der Waals surface area contributed by atoms with Crippen molar-refractivity contribution in [3.63, 3.8) is 0 Å². The maximum atomic E-state index is 13.3. The molecule has 0 fully saturated rings. The van der Waals surface area contributed by atoms with Gasteiger partial charge in [-0.05, 0) is 26.8 Å². The number of hydrogen-bond donors (Lipinski definition) is 2. The fraction of sp³-hybridized carbons (Fsp3) is 0.333. The Kier molecular flexibility index (Phi) is 5.36. The van der Waals surface area contributed by atoms with E-state index in [9.17, 15) is 22.8 Å². The van der Waals surface area contributed by atoms with Crippen molar-refractivity contribution < 1.29 is 32.6 Å². The highest BCUT2D eigenvalue weighted by molar-refractivity contribution is 6.35. The first-order valence-electron chi connectivity index (χ1n) is 7.34. The molecule has 27 heavy (non-hydrogen) atoms. The predicted octanol–water partition coefficient (Wildman–Crippen LogP) is 3.98. The molecule has 1 amide bonds. The van der Waals surface area contributed by atoms with Crippen molar-refractivity contribution in [3.8, 4) is 5.69 Å². The number of anilines is 1. The number of rotatable bonds is 3. The van der Waals surface area contributed by atoms with Crippen molar-refractivity contribution in [3.05, 3.63) is 34.7 Å². The lowest BCUT2D eigenvalue weighted by molar-refractivity contribution is -0.143. The summed E-state index contributed by atoms with van der Waals surface area (Å²) in [5.74, 6) is -2.07. The highest BCUT2D eigenvalue weighted by Gasteiger charge is 2.41. The summed E-state index contributed by atoms with van der Waals surface area (Å²) < 4.78 is 45.4. The van der Waals surface area contributed by atoms with Crippen molar-refractivity contribution >= 4 is 29.5 Å². The van der Waals surface area contributed by atoms with E-state index in [2.05, 4.69) is 15.4 Å². The highest BCUT2D eigenvalue weighted by atomic mass is 35.5. The minimum Gasteiger partial charge on any atom is -0.478 e. The SMILES string of the molecule is CC(C)(C)OC(=O)Nc1nccc(-n2ncc(C(=O)O)c2C(F)(F)F)c1Cl. The number of carbonyl (C=O) groups excluding carboxylic acids is 1. The van der Waals surface area contributed by atoms with Crippen LogP contribution in [-0.2, 0) is 10.9 Å². The fourth-order valence-corrected chi connectivity index (χ4v) is 2.28. The van der Waals surface area contributed by atoms with Crippen LogP contribution in [0.1, 0.15) is 36.8 Å². The number of carboxylic acid groups (broad SMARTS) is 1. The number of nitrogens with one attached hydrogen (secondary N) is 1. The van der Waals surface area contributed by atoms with E-state index in [1.54, 1.807) is 20.8 Å². The summed E-state index contributed by atoms with van der Waals surface area (Å²) in [5, 5.41) is 14.3. The van der Waals surface area contributed by atoms with E-state index < -0.39 is 35.1 Å². The molecule has 0 spiro atoms. The van der Waals surface area contributed by atoms with Gasteiger partial charge in [0.05, 0.1) is 11.9 Å². The predicted molar refractivity (Wildman–Crippen MR) is 88.2 cm³/mol. The zero-order chi connectivity index (χ0) is 20.6. The van der Waals surface area contributed by atoms with Crippen LogP contribution in [0.15, 0.2) is 18.5 Å². The Bertz CT molecular complexity index is 890.